The summed E-state index contributed by atoms with van der Waals surface area (Å²) in [5, 5.41) is 0. The van der Waals surface area contributed by atoms with Gasteiger partial charge in [0.1, 0.15) is 0 Å². The van der Waals surface area contributed by atoms with Crippen molar-refractivity contribution in [2.24, 2.45) is 5.73 Å². The molecule has 0 aliphatic heterocycles. The molecule has 1 amide bonds. The number of carbonyl (C=O) groups excluding carboxylic acids is 1. The fourth-order valence-electron chi connectivity index (χ4n) is 1.47. The molecule has 1 aromatic carbocycles. The highest BCUT2D eigenvalue weighted by Gasteiger charge is 2.12. The molecule has 0 aromatic heterocycles. The summed E-state index contributed by atoms with van der Waals surface area (Å²) in [5.41, 5.74) is 6.11. The fraction of sp³-hybridized carbons (Fsp3) is 0.417. The Bertz CT molecular complexity index is 393. The van der Waals surface area contributed by atoms with Crippen molar-refractivity contribution in [3.8, 4) is 11.5 Å². The molecule has 5 heteroatoms. The predicted molar refractivity (Wildman–Crippen MR) is 66.6 cm³/mol. The Morgan fingerprint density at radius 3 is 2.47 bits per heavy atom. The van der Waals surface area contributed by atoms with E-state index in [0.717, 1.165) is 5.69 Å². The van der Waals surface area contributed by atoms with Crippen LogP contribution in [0.3, 0.4) is 0 Å². The lowest BCUT2D eigenvalue weighted by molar-refractivity contribution is -0.118. The summed E-state index contributed by atoms with van der Waals surface area (Å²) in [7, 11) is 4.84. The largest absolute Gasteiger partial charge is 0.493 e. The monoisotopic (exact) mass is 238 g/mol. The van der Waals surface area contributed by atoms with Gasteiger partial charge in [-0.3, -0.25) is 4.79 Å². The van der Waals surface area contributed by atoms with Gasteiger partial charge < -0.3 is 20.1 Å². The number of amides is 1. The number of ether oxygens (including phenoxy) is 2. The highest BCUT2D eigenvalue weighted by atomic mass is 16.5. The van der Waals surface area contributed by atoms with Crippen molar-refractivity contribution in [2.75, 3.05) is 32.7 Å². The van der Waals surface area contributed by atoms with Gasteiger partial charge in [0, 0.05) is 31.8 Å². The number of hydrogen-bond acceptors (Lipinski definition) is 4. The summed E-state index contributed by atoms with van der Waals surface area (Å²) in [6.45, 7) is 0.344. The summed E-state index contributed by atoms with van der Waals surface area (Å²) in [6, 6.07) is 5.32. The topological polar surface area (TPSA) is 64.8 Å². The number of carbonyl (C=O) groups is 1. The van der Waals surface area contributed by atoms with Crippen LogP contribution in [0.2, 0.25) is 0 Å². The van der Waals surface area contributed by atoms with Gasteiger partial charge >= 0.3 is 0 Å². The molecule has 0 bridgehead atoms. The third-order valence-corrected chi connectivity index (χ3v) is 2.49. The molecule has 0 radical (unpaired) electrons. The van der Waals surface area contributed by atoms with Crippen LogP contribution >= 0.6 is 0 Å². The third-order valence-electron chi connectivity index (χ3n) is 2.49. The number of methoxy groups -OCH3 is 2. The second-order valence-electron chi connectivity index (χ2n) is 3.53. The van der Waals surface area contributed by atoms with Crippen LogP contribution in [0.5, 0.6) is 11.5 Å². The zero-order valence-electron chi connectivity index (χ0n) is 10.4. The van der Waals surface area contributed by atoms with E-state index in [4.69, 9.17) is 15.2 Å². The van der Waals surface area contributed by atoms with E-state index < -0.39 is 0 Å². The van der Waals surface area contributed by atoms with Gasteiger partial charge in [-0.1, -0.05) is 0 Å². The SMILES string of the molecule is COc1ccc(N(C)C(=O)CCN)cc1OC. The third kappa shape index (κ3) is 3.10. The van der Waals surface area contributed by atoms with Crippen LogP contribution in [0, 0.1) is 0 Å². The molecule has 0 saturated carbocycles. The van der Waals surface area contributed by atoms with Gasteiger partial charge in [-0.15, -0.1) is 0 Å². The molecule has 17 heavy (non-hydrogen) atoms. The Balaban J connectivity index is 2.95. The molecule has 0 fully saturated rings. The molecule has 1 rings (SSSR count). The van der Waals surface area contributed by atoms with E-state index in [1.807, 2.05) is 0 Å². The van der Waals surface area contributed by atoms with Crippen molar-refractivity contribution in [3.63, 3.8) is 0 Å². The predicted octanol–water partition coefficient (Wildman–Crippen LogP) is 1.02. The zero-order valence-corrected chi connectivity index (χ0v) is 10.4. The minimum absolute atomic E-state index is 0.0280. The molecule has 94 valence electrons. The molecular weight excluding hydrogens is 220 g/mol. The molecule has 0 heterocycles. The summed E-state index contributed by atoms with van der Waals surface area (Å²) < 4.78 is 10.3. The maximum absolute atomic E-state index is 11.7. The lowest BCUT2D eigenvalue weighted by Crippen LogP contribution is -2.28. The first kappa shape index (κ1) is 13.3. The molecule has 0 spiro atoms. The Morgan fingerprint density at radius 2 is 1.94 bits per heavy atom. The summed E-state index contributed by atoms with van der Waals surface area (Å²) >= 11 is 0. The van der Waals surface area contributed by atoms with Crippen LogP contribution < -0.4 is 20.1 Å². The zero-order chi connectivity index (χ0) is 12.8. The van der Waals surface area contributed by atoms with Gasteiger partial charge in [0.05, 0.1) is 14.2 Å². The van der Waals surface area contributed by atoms with E-state index >= 15 is 0 Å². The standard InChI is InChI=1S/C12H18N2O3/c1-14(12(15)6-7-13)9-4-5-10(16-2)11(8-9)17-3/h4-5,8H,6-7,13H2,1-3H3. The number of benzene rings is 1. The molecule has 0 aliphatic carbocycles. The molecule has 0 unspecified atom stereocenters. The second kappa shape index (κ2) is 6.10. The van der Waals surface area contributed by atoms with Crippen LogP contribution in [0.25, 0.3) is 0 Å². The molecule has 1 aromatic rings. The number of hydrogen-bond donors (Lipinski definition) is 1. The van der Waals surface area contributed by atoms with E-state index in [1.54, 1.807) is 44.4 Å². The van der Waals surface area contributed by atoms with Crippen molar-refractivity contribution in [2.45, 2.75) is 6.42 Å². The summed E-state index contributed by atoms with van der Waals surface area (Å²) in [6.07, 6.45) is 0.324. The molecule has 5 nitrogen and oxygen atoms in total. The summed E-state index contributed by atoms with van der Waals surface area (Å²) in [5.74, 6) is 1.20. The van der Waals surface area contributed by atoms with Gasteiger partial charge in [0.15, 0.2) is 11.5 Å². The van der Waals surface area contributed by atoms with E-state index in [0.29, 0.717) is 24.5 Å². The molecule has 0 atom stereocenters. The molecule has 0 aliphatic rings. The average Bonchev–Trinajstić information content (AvgIpc) is 2.37. The minimum atomic E-state index is -0.0280. The van der Waals surface area contributed by atoms with Crippen molar-refractivity contribution < 1.29 is 14.3 Å². The van der Waals surface area contributed by atoms with E-state index in [9.17, 15) is 4.79 Å². The van der Waals surface area contributed by atoms with Crippen molar-refractivity contribution in [1.29, 1.82) is 0 Å². The second-order valence-corrected chi connectivity index (χ2v) is 3.53. The first-order valence-electron chi connectivity index (χ1n) is 5.32. The quantitative estimate of drug-likeness (QED) is 0.831. The van der Waals surface area contributed by atoms with Crippen molar-refractivity contribution in [3.05, 3.63) is 18.2 Å². The van der Waals surface area contributed by atoms with Gasteiger partial charge in [-0.2, -0.15) is 0 Å². The lowest BCUT2D eigenvalue weighted by atomic mass is 10.2. The van der Waals surface area contributed by atoms with Gasteiger partial charge in [-0.25, -0.2) is 0 Å². The van der Waals surface area contributed by atoms with Crippen molar-refractivity contribution in [1.82, 2.24) is 0 Å². The first-order chi connectivity index (χ1) is 8.13. The average molecular weight is 238 g/mol. The van der Waals surface area contributed by atoms with Gasteiger partial charge in [0.2, 0.25) is 5.91 Å². The maximum atomic E-state index is 11.7. The molecule has 0 saturated heterocycles. The number of nitrogens with zero attached hydrogens (tertiary/aromatic N) is 1. The molecule has 2 N–H and O–H groups in total. The maximum Gasteiger partial charge on any atom is 0.227 e. The van der Waals surface area contributed by atoms with E-state index in [2.05, 4.69) is 0 Å². The van der Waals surface area contributed by atoms with Crippen LogP contribution in [0.1, 0.15) is 6.42 Å². The first-order valence-corrected chi connectivity index (χ1v) is 5.32. The van der Waals surface area contributed by atoms with Crippen molar-refractivity contribution >= 4 is 11.6 Å². The van der Waals surface area contributed by atoms with E-state index in [-0.39, 0.29) is 5.91 Å². The highest BCUT2D eigenvalue weighted by Crippen LogP contribution is 2.31. The van der Waals surface area contributed by atoms with E-state index in [1.165, 1.54) is 0 Å². The van der Waals surface area contributed by atoms with Gasteiger partial charge in [-0.05, 0) is 12.1 Å². The number of anilines is 1. The van der Waals surface area contributed by atoms with Crippen LogP contribution in [0.15, 0.2) is 18.2 Å². The highest BCUT2D eigenvalue weighted by molar-refractivity contribution is 5.93. The van der Waals surface area contributed by atoms with Crippen LogP contribution in [0.4, 0.5) is 5.69 Å². The number of rotatable bonds is 5. The Morgan fingerprint density at radius 1 is 1.29 bits per heavy atom. The summed E-state index contributed by atoms with van der Waals surface area (Å²) in [4.78, 5) is 13.2. The Kier molecular flexibility index (Phi) is 4.78. The normalized spacial score (nSPS) is 9.88. The van der Waals surface area contributed by atoms with Crippen LogP contribution in [-0.4, -0.2) is 33.7 Å². The smallest absolute Gasteiger partial charge is 0.227 e. The van der Waals surface area contributed by atoms with Crippen LogP contribution in [-0.2, 0) is 4.79 Å². The Hall–Kier alpha value is -1.75. The fourth-order valence-corrected chi connectivity index (χ4v) is 1.47. The van der Waals surface area contributed by atoms with Gasteiger partial charge in [0.25, 0.3) is 0 Å². The Labute approximate surface area is 101 Å². The number of nitrogens with two attached hydrogens (primary N) is 1. The lowest BCUT2D eigenvalue weighted by Gasteiger charge is -2.18. The molecular formula is C12H18N2O3. The minimum Gasteiger partial charge on any atom is -0.493 e.